The predicted octanol–water partition coefficient (Wildman–Crippen LogP) is 1.36. The van der Waals surface area contributed by atoms with Gasteiger partial charge >= 0.3 is 6.18 Å². The molecular weight excluding hydrogens is 305 g/mol. The van der Waals surface area contributed by atoms with Gasteiger partial charge in [0.05, 0.1) is 22.9 Å². The Balaban J connectivity index is 2.98. The van der Waals surface area contributed by atoms with Crippen molar-refractivity contribution in [1.29, 1.82) is 0 Å². The van der Waals surface area contributed by atoms with Gasteiger partial charge in [-0.2, -0.15) is 13.2 Å². The first-order chi connectivity index (χ1) is 9.78. The van der Waals surface area contributed by atoms with Gasteiger partial charge in [-0.15, -0.1) is 11.3 Å². The quantitative estimate of drug-likeness (QED) is 0.823. The average molecular weight is 320 g/mol. The van der Waals surface area contributed by atoms with Gasteiger partial charge in [-0.3, -0.25) is 4.79 Å². The van der Waals surface area contributed by atoms with E-state index in [0.29, 0.717) is 15.3 Å². The van der Waals surface area contributed by atoms with Crippen molar-refractivity contribution in [2.45, 2.75) is 13.1 Å². The standard InChI is InChI=1S/C13H15F3N2O2S/c1-9-7-11(21-10(9)3-2-4-17)12(20)18(5-6-19)8-13(14,15)16/h7,19H,4-6,8,17H2,1H3. The Labute approximate surface area is 124 Å². The molecule has 1 aromatic heterocycles. The molecule has 0 atom stereocenters. The number of thiophene rings is 1. The Morgan fingerprint density at radius 2 is 2.19 bits per heavy atom. The summed E-state index contributed by atoms with van der Waals surface area (Å²) in [7, 11) is 0. The Bertz CT molecular complexity index is 558. The molecule has 21 heavy (non-hydrogen) atoms. The van der Waals surface area contributed by atoms with Gasteiger partial charge in [0.25, 0.3) is 5.91 Å². The van der Waals surface area contributed by atoms with Crippen LogP contribution in [-0.2, 0) is 0 Å². The molecule has 0 saturated heterocycles. The van der Waals surface area contributed by atoms with Crippen molar-refractivity contribution in [2.75, 3.05) is 26.2 Å². The van der Waals surface area contributed by atoms with Crippen LogP contribution >= 0.6 is 11.3 Å². The molecule has 0 aliphatic heterocycles. The normalized spacial score (nSPS) is 11.0. The van der Waals surface area contributed by atoms with Crippen LogP contribution in [0.3, 0.4) is 0 Å². The van der Waals surface area contributed by atoms with E-state index in [1.165, 1.54) is 6.07 Å². The highest BCUT2D eigenvalue weighted by Gasteiger charge is 2.33. The predicted molar refractivity (Wildman–Crippen MR) is 74.0 cm³/mol. The van der Waals surface area contributed by atoms with Crippen LogP contribution in [0, 0.1) is 18.8 Å². The summed E-state index contributed by atoms with van der Waals surface area (Å²) in [6.07, 6.45) is -4.51. The first kappa shape index (κ1) is 17.5. The van der Waals surface area contributed by atoms with Gasteiger partial charge in [-0.25, -0.2) is 0 Å². The topological polar surface area (TPSA) is 66.6 Å². The lowest BCUT2D eigenvalue weighted by Crippen LogP contribution is -2.40. The molecule has 0 fully saturated rings. The fourth-order valence-electron chi connectivity index (χ4n) is 1.59. The molecule has 0 unspecified atom stereocenters. The second-order valence-electron chi connectivity index (χ2n) is 4.19. The van der Waals surface area contributed by atoms with E-state index in [1.807, 2.05) is 0 Å². The minimum Gasteiger partial charge on any atom is -0.395 e. The van der Waals surface area contributed by atoms with Gasteiger partial charge in [-0.1, -0.05) is 11.8 Å². The lowest BCUT2D eigenvalue weighted by Gasteiger charge is -2.22. The summed E-state index contributed by atoms with van der Waals surface area (Å²) in [5, 5.41) is 8.81. The largest absolute Gasteiger partial charge is 0.406 e. The zero-order valence-electron chi connectivity index (χ0n) is 11.3. The maximum Gasteiger partial charge on any atom is 0.406 e. The number of aliphatic hydroxyl groups excluding tert-OH is 1. The van der Waals surface area contributed by atoms with Crippen molar-refractivity contribution >= 4 is 17.2 Å². The second-order valence-corrected chi connectivity index (χ2v) is 5.25. The molecule has 8 heteroatoms. The summed E-state index contributed by atoms with van der Waals surface area (Å²) in [4.78, 5) is 13.4. The SMILES string of the molecule is Cc1cc(C(=O)N(CCO)CC(F)(F)F)sc1C#CCN. The maximum atomic E-state index is 12.4. The number of nitrogens with two attached hydrogens (primary N) is 1. The second kappa shape index (κ2) is 7.45. The summed E-state index contributed by atoms with van der Waals surface area (Å²) >= 11 is 1.02. The number of alkyl halides is 3. The summed E-state index contributed by atoms with van der Waals surface area (Å²) < 4.78 is 37.3. The summed E-state index contributed by atoms with van der Waals surface area (Å²) in [6, 6.07) is 1.49. The Morgan fingerprint density at radius 1 is 1.52 bits per heavy atom. The van der Waals surface area contributed by atoms with Crippen LogP contribution in [0.15, 0.2) is 6.07 Å². The highest BCUT2D eigenvalue weighted by molar-refractivity contribution is 7.14. The van der Waals surface area contributed by atoms with E-state index in [9.17, 15) is 18.0 Å². The zero-order valence-corrected chi connectivity index (χ0v) is 12.1. The molecule has 1 aromatic rings. The minimum atomic E-state index is -4.51. The molecule has 0 aliphatic carbocycles. The first-order valence-corrected chi connectivity index (χ1v) is 6.86. The van der Waals surface area contributed by atoms with E-state index < -0.39 is 25.2 Å². The van der Waals surface area contributed by atoms with Gasteiger partial charge in [0, 0.05) is 6.54 Å². The molecule has 1 amide bonds. The number of aryl methyl sites for hydroxylation is 1. The van der Waals surface area contributed by atoms with Crippen LogP contribution in [0.2, 0.25) is 0 Å². The molecule has 1 heterocycles. The molecule has 0 aliphatic rings. The van der Waals surface area contributed by atoms with Crippen LogP contribution in [-0.4, -0.2) is 48.3 Å². The molecule has 116 valence electrons. The third-order valence-corrected chi connectivity index (χ3v) is 3.60. The van der Waals surface area contributed by atoms with Crippen molar-refractivity contribution in [3.63, 3.8) is 0 Å². The fourth-order valence-corrected chi connectivity index (χ4v) is 2.60. The van der Waals surface area contributed by atoms with E-state index in [0.717, 1.165) is 11.3 Å². The zero-order chi connectivity index (χ0) is 16.0. The van der Waals surface area contributed by atoms with E-state index in [1.54, 1.807) is 6.92 Å². The molecular formula is C13H15F3N2O2S. The smallest absolute Gasteiger partial charge is 0.395 e. The first-order valence-electron chi connectivity index (χ1n) is 6.04. The lowest BCUT2D eigenvalue weighted by atomic mass is 10.2. The van der Waals surface area contributed by atoms with E-state index >= 15 is 0 Å². The number of rotatable bonds is 4. The van der Waals surface area contributed by atoms with Gasteiger partial charge in [0.2, 0.25) is 0 Å². The molecule has 3 N–H and O–H groups in total. The Hall–Kier alpha value is -1.56. The third kappa shape index (κ3) is 5.38. The molecule has 4 nitrogen and oxygen atoms in total. The number of halogens is 3. The van der Waals surface area contributed by atoms with Gasteiger partial charge in [-0.05, 0) is 18.6 Å². The number of hydrogen-bond donors (Lipinski definition) is 2. The molecule has 0 radical (unpaired) electrons. The number of aliphatic hydroxyl groups is 1. The summed E-state index contributed by atoms with van der Waals surface area (Å²) in [6.45, 7) is -0.433. The maximum absolute atomic E-state index is 12.4. The number of carbonyl (C=O) groups is 1. The van der Waals surface area contributed by atoms with Gasteiger partial charge < -0.3 is 15.7 Å². The number of nitrogens with zero attached hydrogens (tertiary/aromatic N) is 1. The molecule has 1 rings (SSSR count). The van der Waals surface area contributed by atoms with E-state index in [2.05, 4.69) is 11.8 Å². The number of amides is 1. The monoisotopic (exact) mass is 320 g/mol. The molecule has 0 saturated carbocycles. The van der Waals surface area contributed by atoms with E-state index in [4.69, 9.17) is 10.8 Å². The third-order valence-electron chi connectivity index (χ3n) is 2.46. The highest BCUT2D eigenvalue weighted by atomic mass is 32.1. The van der Waals surface area contributed by atoms with Crippen molar-refractivity contribution < 1.29 is 23.1 Å². The highest BCUT2D eigenvalue weighted by Crippen LogP contribution is 2.24. The van der Waals surface area contributed by atoms with Crippen LogP contribution in [0.4, 0.5) is 13.2 Å². The van der Waals surface area contributed by atoms with Gasteiger partial charge in [0.15, 0.2) is 0 Å². The average Bonchev–Trinajstić information content (AvgIpc) is 2.75. The molecule has 0 bridgehead atoms. The summed E-state index contributed by atoms with van der Waals surface area (Å²) in [5.74, 6) is 4.63. The van der Waals surface area contributed by atoms with Crippen LogP contribution in [0.5, 0.6) is 0 Å². The van der Waals surface area contributed by atoms with Crippen molar-refractivity contribution in [3.05, 3.63) is 21.4 Å². The van der Waals surface area contributed by atoms with Gasteiger partial charge in [0.1, 0.15) is 6.54 Å². The Kier molecular flexibility index (Phi) is 6.20. The summed E-state index contributed by atoms with van der Waals surface area (Å²) in [5.41, 5.74) is 5.96. The molecule has 0 spiro atoms. The van der Waals surface area contributed by atoms with Crippen LogP contribution < -0.4 is 5.73 Å². The fraction of sp³-hybridized carbons (Fsp3) is 0.462. The minimum absolute atomic E-state index is 0.158. The molecule has 0 aromatic carbocycles. The van der Waals surface area contributed by atoms with Crippen molar-refractivity contribution in [1.82, 2.24) is 4.90 Å². The van der Waals surface area contributed by atoms with Crippen LogP contribution in [0.25, 0.3) is 0 Å². The lowest BCUT2D eigenvalue weighted by molar-refractivity contribution is -0.141. The van der Waals surface area contributed by atoms with Crippen LogP contribution in [0.1, 0.15) is 20.1 Å². The van der Waals surface area contributed by atoms with Crippen molar-refractivity contribution in [2.24, 2.45) is 5.73 Å². The van der Waals surface area contributed by atoms with Crippen molar-refractivity contribution in [3.8, 4) is 11.8 Å². The number of carbonyl (C=O) groups excluding carboxylic acids is 1. The van der Waals surface area contributed by atoms with E-state index in [-0.39, 0.29) is 18.0 Å². The Morgan fingerprint density at radius 3 is 2.71 bits per heavy atom. The number of hydrogen-bond acceptors (Lipinski definition) is 4.